The fourth-order valence-electron chi connectivity index (χ4n) is 3.52. The van der Waals surface area contributed by atoms with Gasteiger partial charge in [0.1, 0.15) is 5.75 Å². The molecule has 174 valence electrons. The number of aryl methyl sites for hydroxylation is 2. The molecule has 0 saturated heterocycles. The molecule has 6 nitrogen and oxygen atoms in total. The van der Waals surface area contributed by atoms with Gasteiger partial charge in [0, 0.05) is 13.6 Å². The number of para-hydroxylation sites is 2. The number of nitrogens with zero attached hydrogens (tertiary/aromatic N) is 1. The Labute approximate surface area is 196 Å². The minimum absolute atomic E-state index is 0.179. The molecule has 0 aliphatic heterocycles. The molecule has 0 atom stereocenters. The molecule has 0 fully saturated rings. The molecule has 0 bridgehead atoms. The first-order valence-corrected chi connectivity index (χ1v) is 12.4. The molecule has 7 heteroatoms. The van der Waals surface area contributed by atoms with Crippen molar-refractivity contribution in [2.45, 2.75) is 31.6 Å². The molecule has 0 aromatic heterocycles. The molecule has 3 rings (SSSR count). The summed E-state index contributed by atoms with van der Waals surface area (Å²) in [6, 6.07) is 21.2. The number of hydrogen-bond donors (Lipinski definition) is 1. The van der Waals surface area contributed by atoms with E-state index in [0.717, 1.165) is 34.0 Å². The predicted octanol–water partition coefficient (Wildman–Crippen LogP) is 4.58. The zero-order chi connectivity index (χ0) is 23.8. The summed E-state index contributed by atoms with van der Waals surface area (Å²) in [5, 5.41) is 2.91. The van der Waals surface area contributed by atoms with Crippen molar-refractivity contribution in [2.75, 3.05) is 24.5 Å². The normalized spacial score (nSPS) is 11.1. The van der Waals surface area contributed by atoms with Gasteiger partial charge >= 0.3 is 0 Å². The van der Waals surface area contributed by atoms with Crippen LogP contribution in [0.1, 0.15) is 34.8 Å². The third kappa shape index (κ3) is 5.93. The van der Waals surface area contributed by atoms with E-state index in [2.05, 4.69) is 5.32 Å². The van der Waals surface area contributed by atoms with Crippen LogP contribution in [-0.2, 0) is 16.4 Å². The van der Waals surface area contributed by atoms with Crippen molar-refractivity contribution in [3.8, 4) is 5.75 Å². The first-order valence-electron chi connectivity index (χ1n) is 11.0. The maximum atomic E-state index is 13.1. The number of hydrogen-bond acceptors (Lipinski definition) is 4. The molecule has 1 amide bonds. The van der Waals surface area contributed by atoms with Crippen LogP contribution in [0.25, 0.3) is 0 Å². The second kappa shape index (κ2) is 11.0. The number of sulfonamides is 1. The van der Waals surface area contributed by atoms with Crippen molar-refractivity contribution in [1.82, 2.24) is 5.32 Å². The first-order chi connectivity index (χ1) is 15.8. The largest absolute Gasteiger partial charge is 0.494 e. The van der Waals surface area contributed by atoms with Crippen LogP contribution in [0.4, 0.5) is 5.69 Å². The van der Waals surface area contributed by atoms with E-state index >= 15 is 0 Å². The number of carbonyl (C=O) groups excluding carboxylic acids is 1. The van der Waals surface area contributed by atoms with Crippen molar-refractivity contribution in [3.63, 3.8) is 0 Å². The minimum Gasteiger partial charge on any atom is -0.494 e. The molecule has 0 saturated carbocycles. The number of ether oxygens (including phenoxy) is 1. The van der Waals surface area contributed by atoms with Gasteiger partial charge in [-0.05, 0) is 62.6 Å². The fourth-order valence-corrected chi connectivity index (χ4v) is 4.74. The standard InChI is InChI=1S/C26H30N2O4S/c1-4-32-25-14-8-5-10-21(25)11-9-19-27-26(29)23-12-6-7-13-24(23)28(3)33(30,31)22-17-15-20(2)16-18-22/h5-8,10,12-18H,4,9,11,19H2,1-3H3,(H,27,29). The Morgan fingerprint density at radius 3 is 2.36 bits per heavy atom. The molecule has 0 aliphatic carbocycles. The maximum absolute atomic E-state index is 13.1. The summed E-state index contributed by atoms with van der Waals surface area (Å²) in [5.41, 5.74) is 2.71. The average molecular weight is 467 g/mol. The Morgan fingerprint density at radius 1 is 0.970 bits per heavy atom. The highest BCUT2D eigenvalue weighted by atomic mass is 32.2. The molecule has 3 aromatic rings. The van der Waals surface area contributed by atoms with E-state index < -0.39 is 10.0 Å². The van der Waals surface area contributed by atoms with Gasteiger partial charge in [-0.3, -0.25) is 9.10 Å². The van der Waals surface area contributed by atoms with E-state index in [1.165, 1.54) is 7.05 Å². The Balaban J connectivity index is 1.68. The lowest BCUT2D eigenvalue weighted by molar-refractivity contribution is 0.0954. The molecule has 0 heterocycles. The molecule has 0 aliphatic rings. The highest BCUT2D eigenvalue weighted by Crippen LogP contribution is 2.26. The second-order valence-corrected chi connectivity index (χ2v) is 9.67. The third-order valence-corrected chi connectivity index (χ3v) is 7.13. The molecule has 0 spiro atoms. The van der Waals surface area contributed by atoms with E-state index in [9.17, 15) is 13.2 Å². The average Bonchev–Trinajstić information content (AvgIpc) is 2.82. The van der Waals surface area contributed by atoms with E-state index in [4.69, 9.17) is 4.74 Å². The maximum Gasteiger partial charge on any atom is 0.264 e. The third-order valence-electron chi connectivity index (χ3n) is 5.35. The van der Waals surface area contributed by atoms with Crippen molar-refractivity contribution >= 4 is 21.6 Å². The molecule has 0 unspecified atom stereocenters. The van der Waals surface area contributed by atoms with E-state index in [1.807, 2.05) is 38.1 Å². The van der Waals surface area contributed by atoms with Crippen molar-refractivity contribution < 1.29 is 17.9 Å². The van der Waals surface area contributed by atoms with Gasteiger partial charge in [-0.25, -0.2) is 8.42 Å². The Hall–Kier alpha value is -3.32. The van der Waals surface area contributed by atoms with E-state index in [-0.39, 0.29) is 10.8 Å². The van der Waals surface area contributed by atoms with Crippen molar-refractivity contribution in [1.29, 1.82) is 0 Å². The van der Waals surface area contributed by atoms with Crippen LogP contribution < -0.4 is 14.4 Å². The van der Waals surface area contributed by atoms with Crippen LogP contribution in [0.3, 0.4) is 0 Å². The van der Waals surface area contributed by atoms with E-state index in [0.29, 0.717) is 24.4 Å². The van der Waals surface area contributed by atoms with Gasteiger partial charge in [0.15, 0.2) is 0 Å². The highest BCUT2D eigenvalue weighted by molar-refractivity contribution is 7.92. The zero-order valence-electron chi connectivity index (χ0n) is 19.2. The number of amides is 1. The predicted molar refractivity (Wildman–Crippen MR) is 131 cm³/mol. The van der Waals surface area contributed by atoms with Gasteiger partial charge in [-0.1, -0.05) is 48.0 Å². The van der Waals surface area contributed by atoms with Gasteiger partial charge in [0.05, 0.1) is 22.8 Å². The summed E-state index contributed by atoms with van der Waals surface area (Å²) < 4.78 is 33.0. The van der Waals surface area contributed by atoms with Gasteiger partial charge in [0.2, 0.25) is 0 Å². The summed E-state index contributed by atoms with van der Waals surface area (Å²) in [6.07, 6.45) is 1.50. The minimum atomic E-state index is -3.80. The Kier molecular flexibility index (Phi) is 8.11. The number of rotatable bonds is 10. The van der Waals surface area contributed by atoms with Gasteiger partial charge in [-0.2, -0.15) is 0 Å². The van der Waals surface area contributed by atoms with Crippen LogP contribution in [0.2, 0.25) is 0 Å². The number of nitrogens with one attached hydrogen (secondary N) is 1. The Bertz CT molecular complexity index is 1190. The van der Waals surface area contributed by atoms with Gasteiger partial charge in [0.25, 0.3) is 15.9 Å². The van der Waals surface area contributed by atoms with E-state index in [1.54, 1.807) is 48.5 Å². The van der Waals surface area contributed by atoms with Crippen LogP contribution in [-0.4, -0.2) is 34.5 Å². The van der Waals surface area contributed by atoms with Crippen LogP contribution in [0.5, 0.6) is 5.75 Å². The highest BCUT2D eigenvalue weighted by Gasteiger charge is 2.24. The monoisotopic (exact) mass is 466 g/mol. The zero-order valence-corrected chi connectivity index (χ0v) is 20.1. The molecule has 33 heavy (non-hydrogen) atoms. The van der Waals surface area contributed by atoms with Gasteiger partial charge < -0.3 is 10.1 Å². The number of anilines is 1. The molecule has 0 radical (unpaired) electrons. The van der Waals surface area contributed by atoms with Crippen LogP contribution >= 0.6 is 0 Å². The summed E-state index contributed by atoms with van der Waals surface area (Å²) in [7, 11) is -2.33. The second-order valence-electron chi connectivity index (χ2n) is 7.70. The molecule has 3 aromatic carbocycles. The topological polar surface area (TPSA) is 75.7 Å². The van der Waals surface area contributed by atoms with Crippen molar-refractivity contribution in [3.05, 3.63) is 89.5 Å². The summed E-state index contributed by atoms with van der Waals surface area (Å²) in [5.74, 6) is 0.550. The quantitative estimate of drug-likeness (QED) is 0.444. The summed E-state index contributed by atoms with van der Waals surface area (Å²) in [4.78, 5) is 13.1. The summed E-state index contributed by atoms with van der Waals surface area (Å²) >= 11 is 0. The summed E-state index contributed by atoms with van der Waals surface area (Å²) in [6.45, 7) is 4.91. The Morgan fingerprint density at radius 2 is 1.64 bits per heavy atom. The number of carbonyl (C=O) groups is 1. The van der Waals surface area contributed by atoms with Gasteiger partial charge in [-0.15, -0.1) is 0 Å². The molecular formula is C26H30N2O4S. The SMILES string of the molecule is CCOc1ccccc1CCCNC(=O)c1ccccc1N(C)S(=O)(=O)c1ccc(C)cc1. The lowest BCUT2D eigenvalue weighted by Gasteiger charge is -2.22. The smallest absolute Gasteiger partial charge is 0.264 e. The lowest BCUT2D eigenvalue weighted by atomic mass is 10.1. The van der Waals surface area contributed by atoms with Crippen LogP contribution in [0, 0.1) is 6.92 Å². The number of benzene rings is 3. The molecular weight excluding hydrogens is 436 g/mol. The fraction of sp³-hybridized carbons (Fsp3) is 0.269. The lowest BCUT2D eigenvalue weighted by Crippen LogP contribution is -2.31. The van der Waals surface area contributed by atoms with Crippen LogP contribution in [0.15, 0.2) is 77.7 Å². The first kappa shape index (κ1) is 24.3. The van der Waals surface area contributed by atoms with Crippen molar-refractivity contribution in [2.24, 2.45) is 0 Å². The molecule has 1 N–H and O–H groups in total.